The zero-order valence-corrected chi connectivity index (χ0v) is 13.7. The molecule has 126 valence electrons. The van der Waals surface area contributed by atoms with Gasteiger partial charge in [-0.05, 0) is 24.1 Å². The Morgan fingerprint density at radius 2 is 1.75 bits per heavy atom. The second kappa shape index (κ2) is 8.72. The Labute approximate surface area is 141 Å². The fourth-order valence-corrected chi connectivity index (χ4v) is 2.47. The molecule has 0 heterocycles. The van der Waals surface area contributed by atoms with Crippen LogP contribution in [0.3, 0.4) is 0 Å². The van der Waals surface area contributed by atoms with E-state index in [1.807, 2.05) is 30.3 Å². The van der Waals surface area contributed by atoms with E-state index in [2.05, 4.69) is 12.2 Å². The van der Waals surface area contributed by atoms with Crippen LogP contribution in [0.25, 0.3) is 0 Å². The lowest BCUT2D eigenvalue weighted by Crippen LogP contribution is -2.32. The van der Waals surface area contributed by atoms with E-state index in [0.717, 1.165) is 18.4 Å². The van der Waals surface area contributed by atoms with E-state index in [4.69, 9.17) is 10.5 Å². The molecule has 2 aromatic rings. The summed E-state index contributed by atoms with van der Waals surface area (Å²) in [5, 5.41) is 2.97. The minimum Gasteiger partial charge on any atom is -0.483 e. The smallest absolute Gasteiger partial charge is 0.258 e. The minimum atomic E-state index is -0.584. The first-order valence-electron chi connectivity index (χ1n) is 7.97. The summed E-state index contributed by atoms with van der Waals surface area (Å²) in [4.78, 5) is 23.6. The molecule has 0 saturated heterocycles. The van der Waals surface area contributed by atoms with Crippen LogP contribution in [0.15, 0.2) is 54.6 Å². The number of carbonyl (C=O) groups excluding carboxylic acids is 2. The van der Waals surface area contributed by atoms with Gasteiger partial charge in [0.25, 0.3) is 11.8 Å². The van der Waals surface area contributed by atoms with E-state index in [1.54, 1.807) is 24.3 Å². The molecule has 1 unspecified atom stereocenters. The summed E-state index contributed by atoms with van der Waals surface area (Å²) in [5.74, 6) is -0.511. The van der Waals surface area contributed by atoms with Gasteiger partial charge in [-0.3, -0.25) is 9.59 Å². The van der Waals surface area contributed by atoms with Gasteiger partial charge in [-0.1, -0.05) is 55.8 Å². The van der Waals surface area contributed by atoms with Gasteiger partial charge in [0.1, 0.15) is 5.75 Å². The summed E-state index contributed by atoms with van der Waals surface area (Å²) in [6.07, 6.45) is 1.79. The summed E-state index contributed by atoms with van der Waals surface area (Å²) in [6, 6.07) is 16.4. The molecule has 2 aromatic carbocycles. The first-order valence-corrected chi connectivity index (χ1v) is 7.97. The average Bonchev–Trinajstić information content (AvgIpc) is 2.60. The Kier molecular flexibility index (Phi) is 6.37. The van der Waals surface area contributed by atoms with Gasteiger partial charge in [0, 0.05) is 0 Å². The largest absolute Gasteiger partial charge is 0.483 e. The lowest BCUT2D eigenvalue weighted by molar-refractivity contribution is -0.123. The van der Waals surface area contributed by atoms with Crippen molar-refractivity contribution in [1.29, 1.82) is 0 Å². The van der Waals surface area contributed by atoms with Crippen LogP contribution in [0, 0.1) is 0 Å². The van der Waals surface area contributed by atoms with Crippen LogP contribution in [-0.2, 0) is 4.79 Å². The Bertz CT molecular complexity index is 686. The zero-order chi connectivity index (χ0) is 17.4. The van der Waals surface area contributed by atoms with E-state index >= 15 is 0 Å². The van der Waals surface area contributed by atoms with Gasteiger partial charge in [-0.25, -0.2) is 0 Å². The molecule has 0 saturated carbocycles. The molecule has 24 heavy (non-hydrogen) atoms. The average molecular weight is 326 g/mol. The van der Waals surface area contributed by atoms with E-state index < -0.39 is 5.91 Å². The molecule has 0 aliphatic rings. The molecule has 5 heteroatoms. The van der Waals surface area contributed by atoms with Crippen molar-refractivity contribution in [2.75, 3.05) is 6.61 Å². The number of hydrogen-bond donors (Lipinski definition) is 2. The topological polar surface area (TPSA) is 81.4 Å². The van der Waals surface area contributed by atoms with Crippen LogP contribution in [-0.4, -0.2) is 18.4 Å². The highest BCUT2D eigenvalue weighted by Crippen LogP contribution is 2.19. The van der Waals surface area contributed by atoms with Gasteiger partial charge in [0.05, 0.1) is 11.6 Å². The summed E-state index contributed by atoms with van der Waals surface area (Å²) in [6.45, 7) is 1.90. The molecule has 3 N–H and O–H groups in total. The maximum absolute atomic E-state index is 12.2. The van der Waals surface area contributed by atoms with Crippen molar-refractivity contribution in [1.82, 2.24) is 5.32 Å². The summed E-state index contributed by atoms with van der Waals surface area (Å²) >= 11 is 0. The molecule has 0 radical (unpaired) electrons. The van der Waals surface area contributed by atoms with Gasteiger partial charge in [0.2, 0.25) is 0 Å². The Balaban J connectivity index is 1.98. The number of ether oxygens (including phenoxy) is 1. The van der Waals surface area contributed by atoms with Crippen molar-refractivity contribution in [3.05, 3.63) is 65.7 Å². The predicted molar refractivity (Wildman–Crippen MR) is 92.7 cm³/mol. The molecule has 5 nitrogen and oxygen atoms in total. The highest BCUT2D eigenvalue weighted by Gasteiger charge is 2.15. The van der Waals surface area contributed by atoms with Crippen molar-refractivity contribution in [3.63, 3.8) is 0 Å². The van der Waals surface area contributed by atoms with Crippen LogP contribution in [0.5, 0.6) is 5.75 Å². The second-order valence-corrected chi connectivity index (χ2v) is 5.47. The molecule has 0 aromatic heterocycles. The van der Waals surface area contributed by atoms with Crippen LogP contribution < -0.4 is 15.8 Å². The van der Waals surface area contributed by atoms with E-state index in [-0.39, 0.29) is 24.1 Å². The van der Waals surface area contributed by atoms with Gasteiger partial charge in [-0.2, -0.15) is 0 Å². The Morgan fingerprint density at radius 3 is 2.42 bits per heavy atom. The highest BCUT2D eigenvalue weighted by molar-refractivity contribution is 5.95. The molecule has 1 atom stereocenters. The maximum atomic E-state index is 12.2. The maximum Gasteiger partial charge on any atom is 0.258 e. The lowest BCUT2D eigenvalue weighted by atomic mass is 10.0. The van der Waals surface area contributed by atoms with Gasteiger partial charge < -0.3 is 15.8 Å². The van der Waals surface area contributed by atoms with Crippen molar-refractivity contribution >= 4 is 11.8 Å². The van der Waals surface area contributed by atoms with E-state index in [0.29, 0.717) is 5.75 Å². The van der Waals surface area contributed by atoms with Gasteiger partial charge >= 0.3 is 0 Å². The molecule has 0 aliphatic carbocycles. The quantitative estimate of drug-likeness (QED) is 0.782. The van der Waals surface area contributed by atoms with Gasteiger partial charge in [0.15, 0.2) is 6.61 Å². The SMILES string of the molecule is CCCC(NC(=O)COc1ccccc1C(N)=O)c1ccccc1. The van der Waals surface area contributed by atoms with Crippen molar-refractivity contribution in [2.24, 2.45) is 5.73 Å². The number of benzene rings is 2. The Morgan fingerprint density at radius 1 is 1.08 bits per heavy atom. The third-order valence-electron chi connectivity index (χ3n) is 3.63. The third-order valence-corrected chi connectivity index (χ3v) is 3.63. The summed E-state index contributed by atoms with van der Waals surface area (Å²) in [7, 11) is 0. The highest BCUT2D eigenvalue weighted by atomic mass is 16.5. The summed E-state index contributed by atoms with van der Waals surface area (Å²) < 4.78 is 5.46. The van der Waals surface area contributed by atoms with Crippen molar-refractivity contribution in [3.8, 4) is 5.75 Å². The summed E-state index contributed by atoms with van der Waals surface area (Å²) in [5.41, 5.74) is 6.62. The number of nitrogens with two attached hydrogens (primary N) is 1. The first-order chi connectivity index (χ1) is 11.6. The van der Waals surface area contributed by atoms with Gasteiger partial charge in [-0.15, -0.1) is 0 Å². The fraction of sp³-hybridized carbons (Fsp3) is 0.263. The number of carbonyl (C=O) groups is 2. The van der Waals surface area contributed by atoms with Crippen LogP contribution >= 0.6 is 0 Å². The first kappa shape index (κ1) is 17.5. The number of amides is 2. The minimum absolute atomic E-state index is 0.0568. The van der Waals surface area contributed by atoms with Crippen LogP contribution in [0.1, 0.15) is 41.7 Å². The molecular formula is C19H22N2O3. The van der Waals surface area contributed by atoms with Crippen molar-refractivity contribution in [2.45, 2.75) is 25.8 Å². The molecule has 0 aliphatic heterocycles. The van der Waals surface area contributed by atoms with Crippen molar-refractivity contribution < 1.29 is 14.3 Å². The molecule has 0 spiro atoms. The van der Waals surface area contributed by atoms with Crippen LogP contribution in [0.2, 0.25) is 0 Å². The molecule has 0 fully saturated rings. The normalized spacial score (nSPS) is 11.5. The predicted octanol–water partition coefficient (Wildman–Crippen LogP) is 2.82. The van der Waals surface area contributed by atoms with Crippen LogP contribution in [0.4, 0.5) is 0 Å². The third kappa shape index (κ3) is 4.84. The molecule has 0 bridgehead atoms. The number of rotatable bonds is 8. The number of hydrogen-bond acceptors (Lipinski definition) is 3. The Hall–Kier alpha value is -2.82. The molecule has 2 amide bonds. The number of para-hydroxylation sites is 1. The lowest BCUT2D eigenvalue weighted by Gasteiger charge is -2.19. The number of nitrogens with one attached hydrogen (secondary N) is 1. The van der Waals surface area contributed by atoms with E-state index in [1.165, 1.54) is 0 Å². The second-order valence-electron chi connectivity index (χ2n) is 5.47. The molecule has 2 rings (SSSR count). The standard InChI is InChI=1S/C19H22N2O3/c1-2-8-16(14-9-4-3-5-10-14)21-18(22)13-24-17-12-7-6-11-15(17)19(20)23/h3-7,9-12,16H,2,8,13H2,1H3,(H2,20,23)(H,21,22). The molecular weight excluding hydrogens is 304 g/mol. The number of primary amides is 1. The fourth-order valence-electron chi connectivity index (χ4n) is 2.47. The zero-order valence-electron chi connectivity index (χ0n) is 13.7. The van der Waals surface area contributed by atoms with E-state index in [9.17, 15) is 9.59 Å². The monoisotopic (exact) mass is 326 g/mol.